The first-order valence-corrected chi connectivity index (χ1v) is 3.36. The predicted octanol–water partition coefficient (Wildman–Crippen LogP) is -0.362. The Balaban J connectivity index is 2.72. The van der Waals surface area contributed by atoms with Gasteiger partial charge in [0.2, 0.25) is 5.79 Å². The number of hydrogen-bond donors (Lipinski definition) is 2. The highest BCUT2D eigenvalue weighted by Gasteiger charge is 2.54. The maximum atomic E-state index is 12.7. The first-order valence-electron chi connectivity index (χ1n) is 3.36. The third kappa shape index (κ3) is 1.50. The fraction of sp³-hybridized carbons (Fsp3) is 1.00. The highest BCUT2D eigenvalue weighted by molar-refractivity contribution is 4.90. The van der Waals surface area contributed by atoms with E-state index in [0.717, 1.165) is 0 Å². The smallest absolute Gasteiger partial charge is 0.312 e. The summed E-state index contributed by atoms with van der Waals surface area (Å²) in [6.45, 7) is -0.317. The number of nitrogens with zero attached hydrogens (tertiary/aromatic N) is 1. The molecule has 1 heterocycles. The lowest BCUT2D eigenvalue weighted by atomic mass is 10.0. The molecule has 1 rings (SSSR count). The Morgan fingerprint density at radius 2 is 1.91 bits per heavy atom. The number of halogens is 2. The second-order valence-corrected chi connectivity index (χ2v) is 3.01. The van der Waals surface area contributed by atoms with Crippen molar-refractivity contribution in [3.8, 4) is 0 Å². The van der Waals surface area contributed by atoms with Gasteiger partial charge in [-0.05, 0) is 7.05 Å². The van der Waals surface area contributed by atoms with Gasteiger partial charge < -0.3 is 15.1 Å². The Hall–Kier alpha value is -0.260. The van der Waals surface area contributed by atoms with Crippen LogP contribution in [-0.2, 0) is 0 Å². The molecular weight excluding hydrogens is 156 g/mol. The normalized spacial score (nSPS) is 30.3. The third-order valence-corrected chi connectivity index (χ3v) is 1.90. The molecule has 11 heavy (non-hydrogen) atoms. The molecular formula is C6H11F2NO2. The van der Waals surface area contributed by atoms with Crippen molar-refractivity contribution in [1.29, 1.82) is 0 Å². The van der Waals surface area contributed by atoms with Gasteiger partial charge in [-0.25, -0.2) is 0 Å². The molecule has 0 atom stereocenters. The SMILES string of the molecule is CN1CCC(O)(O)C(F)(F)C1. The van der Waals surface area contributed by atoms with Crippen LogP contribution in [0.25, 0.3) is 0 Å². The average molecular weight is 167 g/mol. The van der Waals surface area contributed by atoms with E-state index in [1.165, 1.54) is 11.9 Å². The Morgan fingerprint density at radius 3 is 2.27 bits per heavy atom. The Morgan fingerprint density at radius 1 is 1.36 bits per heavy atom. The first kappa shape index (κ1) is 8.83. The number of likely N-dealkylation sites (tertiary alicyclic amines) is 1. The summed E-state index contributed by atoms with van der Waals surface area (Å²) in [5.74, 6) is -6.24. The molecule has 0 aromatic carbocycles. The minimum atomic E-state index is -3.42. The number of alkyl halides is 2. The van der Waals surface area contributed by atoms with Crippen LogP contribution in [0.5, 0.6) is 0 Å². The second-order valence-electron chi connectivity index (χ2n) is 3.01. The fourth-order valence-electron chi connectivity index (χ4n) is 1.07. The van der Waals surface area contributed by atoms with Crippen LogP contribution in [-0.4, -0.2) is 47.0 Å². The number of hydrogen-bond acceptors (Lipinski definition) is 3. The van der Waals surface area contributed by atoms with Crippen LogP contribution in [0.2, 0.25) is 0 Å². The Labute approximate surface area is 63.2 Å². The largest absolute Gasteiger partial charge is 0.361 e. The third-order valence-electron chi connectivity index (χ3n) is 1.90. The summed E-state index contributed by atoms with van der Waals surface area (Å²) >= 11 is 0. The van der Waals surface area contributed by atoms with E-state index < -0.39 is 18.3 Å². The summed E-state index contributed by atoms with van der Waals surface area (Å²) in [7, 11) is 1.52. The minimum Gasteiger partial charge on any atom is -0.361 e. The molecule has 1 aliphatic rings. The molecule has 0 unspecified atom stereocenters. The number of piperidine rings is 1. The quantitative estimate of drug-likeness (QED) is 0.484. The first-order chi connectivity index (χ1) is 4.85. The molecule has 5 heteroatoms. The molecule has 0 aromatic heterocycles. The van der Waals surface area contributed by atoms with Gasteiger partial charge in [0.1, 0.15) is 0 Å². The van der Waals surface area contributed by atoms with E-state index >= 15 is 0 Å². The van der Waals surface area contributed by atoms with E-state index in [0.29, 0.717) is 0 Å². The molecule has 1 saturated heterocycles. The van der Waals surface area contributed by atoms with E-state index in [2.05, 4.69) is 0 Å². The van der Waals surface area contributed by atoms with Gasteiger partial charge in [-0.1, -0.05) is 0 Å². The standard InChI is InChI=1S/C6H11F2NO2/c1-9-3-2-6(10,11)5(7,8)4-9/h10-11H,2-4H2,1H3. The van der Waals surface area contributed by atoms with E-state index in [4.69, 9.17) is 10.2 Å². The van der Waals surface area contributed by atoms with Crippen LogP contribution in [0.3, 0.4) is 0 Å². The van der Waals surface area contributed by atoms with Gasteiger partial charge in [-0.2, -0.15) is 8.78 Å². The predicted molar refractivity (Wildman–Crippen MR) is 34.2 cm³/mol. The summed E-state index contributed by atoms with van der Waals surface area (Å²) in [6.07, 6.45) is -0.309. The van der Waals surface area contributed by atoms with Crippen LogP contribution in [0.15, 0.2) is 0 Å². The van der Waals surface area contributed by atoms with Crippen LogP contribution in [0, 0.1) is 0 Å². The van der Waals surface area contributed by atoms with Crippen molar-refractivity contribution in [3.05, 3.63) is 0 Å². The van der Waals surface area contributed by atoms with Crippen molar-refractivity contribution in [3.63, 3.8) is 0 Å². The van der Waals surface area contributed by atoms with Crippen molar-refractivity contribution in [2.75, 3.05) is 20.1 Å². The molecule has 0 bridgehead atoms. The molecule has 1 fully saturated rings. The average Bonchev–Trinajstić information content (AvgIpc) is 1.80. The van der Waals surface area contributed by atoms with E-state index in [1.54, 1.807) is 0 Å². The van der Waals surface area contributed by atoms with Crippen molar-refractivity contribution in [2.24, 2.45) is 0 Å². The molecule has 0 aliphatic carbocycles. The van der Waals surface area contributed by atoms with Crippen LogP contribution in [0.1, 0.15) is 6.42 Å². The monoisotopic (exact) mass is 167 g/mol. The van der Waals surface area contributed by atoms with E-state index in [-0.39, 0.29) is 13.0 Å². The maximum absolute atomic E-state index is 12.7. The molecule has 0 radical (unpaired) electrons. The maximum Gasteiger partial charge on any atom is 0.312 e. The zero-order valence-corrected chi connectivity index (χ0v) is 6.22. The fourth-order valence-corrected chi connectivity index (χ4v) is 1.07. The highest BCUT2D eigenvalue weighted by Crippen LogP contribution is 2.33. The summed E-state index contributed by atoms with van der Waals surface area (Å²) < 4.78 is 25.4. The van der Waals surface area contributed by atoms with Gasteiger partial charge in [0.05, 0.1) is 6.54 Å². The molecule has 0 spiro atoms. The lowest BCUT2D eigenvalue weighted by molar-refractivity contribution is -0.316. The van der Waals surface area contributed by atoms with Gasteiger partial charge >= 0.3 is 5.92 Å². The summed E-state index contributed by atoms with van der Waals surface area (Å²) in [4.78, 5) is 1.37. The molecule has 2 N–H and O–H groups in total. The van der Waals surface area contributed by atoms with Crippen LogP contribution in [0.4, 0.5) is 8.78 Å². The van der Waals surface area contributed by atoms with Crippen molar-refractivity contribution < 1.29 is 19.0 Å². The van der Waals surface area contributed by atoms with Crippen LogP contribution < -0.4 is 0 Å². The second kappa shape index (κ2) is 2.36. The summed E-state index contributed by atoms with van der Waals surface area (Å²) in [5, 5.41) is 17.6. The Bertz CT molecular complexity index is 161. The van der Waals surface area contributed by atoms with Gasteiger partial charge in [-0.3, -0.25) is 0 Å². The highest BCUT2D eigenvalue weighted by atomic mass is 19.3. The molecule has 0 saturated carbocycles. The van der Waals surface area contributed by atoms with Gasteiger partial charge in [-0.15, -0.1) is 0 Å². The molecule has 66 valence electrons. The summed E-state index contributed by atoms with van der Waals surface area (Å²) in [6, 6.07) is 0. The van der Waals surface area contributed by atoms with Crippen molar-refractivity contribution in [1.82, 2.24) is 4.90 Å². The van der Waals surface area contributed by atoms with E-state index in [1.807, 2.05) is 0 Å². The van der Waals surface area contributed by atoms with Crippen molar-refractivity contribution >= 4 is 0 Å². The molecule has 0 aromatic rings. The Kier molecular flexibility index (Phi) is 1.90. The molecule has 3 nitrogen and oxygen atoms in total. The lowest BCUT2D eigenvalue weighted by Gasteiger charge is -2.39. The van der Waals surface area contributed by atoms with E-state index in [9.17, 15) is 8.78 Å². The topological polar surface area (TPSA) is 43.7 Å². The molecule has 0 amide bonds. The zero-order valence-electron chi connectivity index (χ0n) is 6.22. The number of aliphatic hydroxyl groups is 2. The lowest BCUT2D eigenvalue weighted by Crippen LogP contribution is -2.59. The van der Waals surface area contributed by atoms with Crippen LogP contribution >= 0.6 is 0 Å². The molecule has 1 aliphatic heterocycles. The zero-order chi connectivity index (χ0) is 8.70. The van der Waals surface area contributed by atoms with Gasteiger partial charge in [0, 0.05) is 13.0 Å². The minimum absolute atomic E-state index is 0.280. The van der Waals surface area contributed by atoms with Gasteiger partial charge in [0.25, 0.3) is 0 Å². The van der Waals surface area contributed by atoms with Gasteiger partial charge in [0.15, 0.2) is 0 Å². The summed E-state index contributed by atoms with van der Waals surface area (Å²) in [5.41, 5.74) is 0. The number of rotatable bonds is 0. The van der Waals surface area contributed by atoms with Crippen molar-refractivity contribution in [2.45, 2.75) is 18.1 Å².